The van der Waals surface area contributed by atoms with Crippen LogP contribution in [0.5, 0.6) is 5.75 Å². The second-order valence-corrected chi connectivity index (χ2v) is 5.83. The first kappa shape index (κ1) is 18.3. The van der Waals surface area contributed by atoms with Gasteiger partial charge in [-0.15, -0.1) is 0 Å². The highest BCUT2D eigenvalue weighted by Gasteiger charge is 2.15. The Kier molecular flexibility index (Phi) is 6.33. The molecule has 2 aromatic rings. The minimum absolute atomic E-state index is 0.207. The van der Waals surface area contributed by atoms with Gasteiger partial charge in [-0.3, -0.25) is 20.4 Å². The van der Waals surface area contributed by atoms with Crippen molar-refractivity contribution in [3.63, 3.8) is 0 Å². The summed E-state index contributed by atoms with van der Waals surface area (Å²) in [5, 5.41) is 3.08. The summed E-state index contributed by atoms with van der Waals surface area (Å²) in [7, 11) is 1.57. The first-order chi connectivity index (χ1) is 12.0. The summed E-state index contributed by atoms with van der Waals surface area (Å²) < 4.78 is 5.29. The number of para-hydroxylation sites is 2. The van der Waals surface area contributed by atoms with Gasteiger partial charge in [0.1, 0.15) is 11.6 Å². The van der Waals surface area contributed by atoms with Crippen LogP contribution in [0.3, 0.4) is 0 Å². The molecule has 25 heavy (non-hydrogen) atoms. The molecule has 0 aliphatic carbocycles. The molecule has 1 aromatic heterocycles. The molecule has 0 saturated heterocycles. The van der Waals surface area contributed by atoms with Gasteiger partial charge in [0.05, 0.1) is 18.4 Å². The highest BCUT2D eigenvalue weighted by Crippen LogP contribution is 2.27. The maximum absolute atomic E-state index is 12.4. The number of hydrogen-bond acceptors (Lipinski definition) is 5. The van der Waals surface area contributed by atoms with Gasteiger partial charge in [0.15, 0.2) is 0 Å². The predicted molar refractivity (Wildman–Crippen MR) is 95.6 cm³/mol. The molecule has 2 rings (SSSR count). The number of anilines is 2. The number of nitrogens with zero attached hydrogens (tertiary/aromatic N) is 1. The number of aromatic nitrogens is 1. The number of carbonyl (C=O) groups excluding carboxylic acids is 2. The van der Waals surface area contributed by atoms with Crippen molar-refractivity contribution < 1.29 is 14.3 Å². The summed E-state index contributed by atoms with van der Waals surface area (Å²) in [6, 6.07) is 10.6. The van der Waals surface area contributed by atoms with E-state index in [1.807, 2.05) is 32.0 Å². The lowest BCUT2D eigenvalue weighted by molar-refractivity contribution is -0.122. The lowest BCUT2D eigenvalue weighted by atomic mass is 10.1. The van der Waals surface area contributed by atoms with Crippen LogP contribution in [0, 0.1) is 5.92 Å². The van der Waals surface area contributed by atoms with Crippen LogP contribution in [0.15, 0.2) is 42.6 Å². The molecule has 0 aliphatic rings. The zero-order chi connectivity index (χ0) is 18.2. The molecule has 3 N–H and O–H groups in total. The van der Waals surface area contributed by atoms with Crippen LogP contribution in [0.4, 0.5) is 11.5 Å². The first-order valence-corrected chi connectivity index (χ1v) is 7.95. The molecule has 0 radical (unpaired) electrons. The standard InChI is InChI=1S/C18H22N4O3/c1-12(2)11-16(23)21-22-18(24)13-7-6-10-19-17(13)20-14-8-4-5-9-15(14)25-3/h4-10,12H,11H2,1-3H3,(H,19,20)(H,21,23)(H,22,24). The third-order valence-electron chi connectivity index (χ3n) is 3.32. The predicted octanol–water partition coefficient (Wildman–Crippen LogP) is 2.64. The summed E-state index contributed by atoms with van der Waals surface area (Å²) in [4.78, 5) is 28.2. The second kappa shape index (κ2) is 8.68. The molecule has 7 heteroatoms. The lowest BCUT2D eigenvalue weighted by Gasteiger charge is -2.14. The fourth-order valence-corrected chi connectivity index (χ4v) is 2.18. The number of carbonyl (C=O) groups is 2. The molecule has 132 valence electrons. The molecule has 7 nitrogen and oxygen atoms in total. The third kappa shape index (κ3) is 5.20. The normalized spacial score (nSPS) is 10.2. The molecule has 0 saturated carbocycles. The summed E-state index contributed by atoms with van der Waals surface area (Å²) in [5.74, 6) is 0.500. The Hall–Kier alpha value is -3.09. The Labute approximate surface area is 146 Å². The Bertz CT molecular complexity index is 747. The zero-order valence-electron chi connectivity index (χ0n) is 14.5. The van der Waals surface area contributed by atoms with Gasteiger partial charge in [-0.2, -0.15) is 0 Å². The van der Waals surface area contributed by atoms with Gasteiger partial charge < -0.3 is 10.1 Å². The minimum Gasteiger partial charge on any atom is -0.495 e. The number of amides is 2. The topological polar surface area (TPSA) is 92.3 Å². The highest BCUT2D eigenvalue weighted by atomic mass is 16.5. The fraction of sp³-hybridized carbons (Fsp3) is 0.278. The summed E-state index contributed by atoms with van der Waals surface area (Å²) in [6.45, 7) is 3.86. The quantitative estimate of drug-likeness (QED) is 0.702. The first-order valence-electron chi connectivity index (χ1n) is 7.95. The molecule has 0 unspecified atom stereocenters. The molecule has 1 heterocycles. The molecular formula is C18H22N4O3. The van der Waals surface area contributed by atoms with Crippen LogP contribution in [0.1, 0.15) is 30.6 Å². The number of hydrazine groups is 1. The number of pyridine rings is 1. The van der Waals surface area contributed by atoms with E-state index in [4.69, 9.17) is 4.74 Å². The van der Waals surface area contributed by atoms with Crippen LogP contribution in [-0.2, 0) is 4.79 Å². The Morgan fingerprint density at radius 1 is 1.12 bits per heavy atom. The molecular weight excluding hydrogens is 320 g/mol. The van der Waals surface area contributed by atoms with Crippen molar-refractivity contribution in [3.05, 3.63) is 48.2 Å². The summed E-state index contributed by atoms with van der Waals surface area (Å²) in [6.07, 6.45) is 1.91. The SMILES string of the molecule is COc1ccccc1Nc1ncccc1C(=O)NNC(=O)CC(C)C. The van der Waals surface area contributed by atoms with E-state index in [-0.39, 0.29) is 11.8 Å². The van der Waals surface area contributed by atoms with Crippen molar-refractivity contribution in [2.45, 2.75) is 20.3 Å². The number of ether oxygens (including phenoxy) is 1. The monoisotopic (exact) mass is 342 g/mol. The molecule has 0 aliphatic heterocycles. The van der Waals surface area contributed by atoms with E-state index in [0.717, 1.165) is 0 Å². The van der Waals surface area contributed by atoms with Gasteiger partial charge in [0.2, 0.25) is 5.91 Å². The minimum atomic E-state index is -0.456. The molecule has 0 bridgehead atoms. The number of benzene rings is 1. The summed E-state index contributed by atoms with van der Waals surface area (Å²) in [5.41, 5.74) is 5.80. The smallest absolute Gasteiger partial charge is 0.273 e. The molecule has 0 spiro atoms. The van der Waals surface area contributed by atoms with Crippen LogP contribution in [0.25, 0.3) is 0 Å². The van der Waals surface area contributed by atoms with E-state index in [2.05, 4.69) is 21.2 Å². The second-order valence-electron chi connectivity index (χ2n) is 5.83. The van der Waals surface area contributed by atoms with Gasteiger partial charge in [-0.1, -0.05) is 26.0 Å². The van der Waals surface area contributed by atoms with Crippen molar-refractivity contribution >= 4 is 23.3 Å². The van der Waals surface area contributed by atoms with Crippen molar-refractivity contribution in [3.8, 4) is 5.75 Å². The van der Waals surface area contributed by atoms with Gasteiger partial charge in [-0.25, -0.2) is 4.98 Å². The highest BCUT2D eigenvalue weighted by molar-refractivity contribution is 6.00. The molecule has 0 fully saturated rings. The van der Waals surface area contributed by atoms with Crippen LogP contribution in [0.2, 0.25) is 0 Å². The molecule has 0 atom stereocenters. The number of methoxy groups -OCH3 is 1. The zero-order valence-corrected chi connectivity index (χ0v) is 14.5. The van der Waals surface area contributed by atoms with E-state index >= 15 is 0 Å². The average Bonchev–Trinajstić information content (AvgIpc) is 2.60. The lowest BCUT2D eigenvalue weighted by Crippen LogP contribution is -2.42. The van der Waals surface area contributed by atoms with E-state index in [1.165, 1.54) is 0 Å². The number of nitrogens with one attached hydrogen (secondary N) is 3. The third-order valence-corrected chi connectivity index (χ3v) is 3.32. The number of hydrogen-bond donors (Lipinski definition) is 3. The Morgan fingerprint density at radius 3 is 2.60 bits per heavy atom. The van der Waals surface area contributed by atoms with Gasteiger partial charge in [0.25, 0.3) is 5.91 Å². The van der Waals surface area contributed by atoms with Gasteiger partial charge >= 0.3 is 0 Å². The van der Waals surface area contributed by atoms with Crippen molar-refractivity contribution in [2.75, 3.05) is 12.4 Å². The Balaban J connectivity index is 2.12. The van der Waals surface area contributed by atoms with Crippen LogP contribution < -0.4 is 20.9 Å². The van der Waals surface area contributed by atoms with Crippen molar-refractivity contribution in [1.82, 2.24) is 15.8 Å². The number of rotatable bonds is 6. The van der Waals surface area contributed by atoms with E-state index < -0.39 is 5.91 Å². The van der Waals surface area contributed by atoms with Gasteiger partial charge in [-0.05, 0) is 30.2 Å². The van der Waals surface area contributed by atoms with Crippen LogP contribution >= 0.6 is 0 Å². The molecule has 2 amide bonds. The average molecular weight is 342 g/mol. The van der Waals surface area contributed by atoms with Crippen molar-refractivity contribution in [2.24, 2.45) is 5.92 Å². The maximum atomic E-state index is 12.4. The fourth-order valence-electron chi connectivity index (χ4n) is 2.18. The summed E-state index contributed by atoms with van der Waals surface area (Å²) >= 11 is 0. The van der Waals surface area contributed by atoms with E-state index in [1.54, 1.807) is 31.5 Å². The van der Waals surface area contributed by atoms with E-state index in [0.29, 0.717) is 29.2 Å². The van der Waals surface area contributed by atoms with Crippen molar-refractivity contribution in [1.29, 1.82) is 0 Å². The van der Waals surface area contributed by atoms with Crippen LogP contribution in [-0.4, -0.2) is 23.9 Å². The van der Waals surface area contributed by atoms with E-state index in [9.17, 15) is 9.59 Å². The maximum Gasteiger partial charge on any atom is 0.273 e. The largest absolute Gasteiger partial charge is 0.495 e. The van der Waals surface area contributed by atoms with Gasteiger partial charge in [0, 0.05) is 12.6 Å². The molecule has 1 aromatic carbocycles. The Morgan fingerprint density at radius 2 is 1.88 bits per heavy atom.